The summed E-state index contributed by atoms with van der Waals surface area (Å²) in [5.74, 6) is 7.70. The smallest absolute Gasteiger partial charge is 0.135 e. The molecule has 2 nitrogen and oxygen atoms in total. The largest absolute Gasteiger partial charge is 0.489 e. The summed E-state index contributed by atoms with van der Waals surface area (Å²) in [4.78, 5) is 0. The summed E-state index contributed by atoms with van der Waals surface area (Å²) in [6.45, 7) is 2.70. The predicted molar refractivity (Wildman–Crippen MR) is 74.4 cm³/mol. The van der Waals surface area contributed by atoms with E-state index in [1.165, 1.54) is 12.8 Å². The van der Waals surface area contributed by atoms with E-state index < -0.39 is 0 Å². The van der Waals surface area contributed by atoms with Crippen LogP contribution in [0.1, 0.15) is 38.2 Å². The molecule has 0 amide bonds. The second-order valence-electron chi connectivity index (χ2n) is 5.00. The first-order valence-corrected chi connectivity index (χ1v) is 6.74. The van der Waals surface area contributed by atoms with Crippen molar-refractivity contribution in [3.63, 3.8) is 0 Å². The van der Waals surface area contributed by atoms with Gasteiger partial charge >= 0.3 is 0 Å². The van der Waals surface area contributed by atoms with Crippen LogP contribution in [0.25, 0.3) is 0 Å². The molecule has 0 aliphatic heterocycles. The summed E-state index contributed by atoms with van der Waals surface area (Å²) in [7, 11) is 0. The quantitative estimate of drug-likeness (QED) is 0.811. The van der Waals surface area contributed by atoms with Crippen molar-refractivity contribution in [2.45, 2.75) is 38.7 Å². The summed E-state index contributed by atoms with van der Waals surface area (Å²) in [5.41, 5.74) is 6.36. The Morgan fingerprint density at radius 3 is 2.67 bits per heavy atom. The fourth-order valence-electron chi connectivity index (χ4n) is 2.35. The highest BCUT2D eigenvalue weighted by molar-refractivity contribution is 5.46. The molecule has 2 N–H and O–H groups in total. The Labute approximate surface area is 110 Å². The molecule has 2 heteroatoms. The van der Waals surface area contributed by atoms with Gasteiger partial charge in [0.05, 0.1) is 18.2 Å². The Kier molecular flexibility index (Phi) is 4.66. The Balaban J connectivity index is 2.04. The van der Waals surface area contributed by atoms with Gasteiger partial charge in [0.25, 0.3) is 0 Å². The first kappa shape index (κ1) is 13.0. The molecule has 0 spiro atoms. The van der Waals surface area contributed by atoms with Crippen LogP contribution in [-0.2, 0) is 0 Å². The molecule has 1 aliphatic carbocycles. The zero-order valence-electron chi connectivity index (χ0n) is 11.0. The lowest BCUT2D eigenvalue weighted by molar-refractivity contribution is 0.135. The number of para-hydroxylation sites is 1. The summed E-state index contributed by atoms with van der Waals surface area (Å²) in [6.07, 6.45) is 5.18. The summed E-state index contributed by atoms with van der Waals surface area (Å²) >= 11 is 0. The van der Waals surface area contributed by atoms with Crippen LogP contribution in [0.4, 0.5) is 0 Å². The minimum atomic E-state index is 0.349. The second kappa shape index (κ2) is 6.47. The van der Waals surface area contributed by atoms with Gasteiger partial charge in [-0.2, -0.15) is 0 Å². The molecule has 2 rings (SSSR count). The number of hydrogen-bond acceptors (Lipinski definition) is 2. The van der Waals surface area contributed by atoms with Gasteiger partial charge in [-0.3, -0.25) is 0 Å². The SMILES string of the molecule is CC1CCC(Oc2ccccc2C#CCN)CC1. The Hall–Kier alpha value is -1.46. The van der Waals surface area contributed by atoms with Gasteiger partial charge < -0.3 is 10.5 Å². The number of nitrogens with two attached hydrogens (primary N) is 1. The summed E-state index contributed by atoms with van der Waals surface area (Å²) in [6, 6.07) is 7.97. The zero-order valence-corrected chi connectivity index (χ0v) is 11.0. The average molecular weight is 243 g/mol. The van der Waals surface area contributed by atoms with Gasteiger partial charge in [-0.1, -0.05) is 30.9 Å². The minimum absolute atomic E-state index is 0.349. The third-order valence-electron chi connectivity index (χ3n) is 3.47. The fraction of sp³-hybridized carbons (Fsp3) is 0.500. The van der Waals surface area contributed by atoms with Crippen molar-refractivity contribution in [3.8, 4) is 17.6 Å². The molecular formula is C16H21NO. The van der Waals surface area contributed by atoms with E-state index in [4.69, 9.17) is 10.5 Å². The van der Waals surface area contributed by atoms with Crippen molar-refractivity contribution in [2.75, 3.05) is 6.54 Å². The van der Waals surface area contributed by atoms with Gasteiger partial charge in [0.15, 0.2) is 0 Å². The average Bonchev–Trinajstić information content (AvgIpc) is 2.40. The highest BCUT2D eigenvalue weighted by Crippen LogP contribution is 2.28. The van der Waals surface area contributed by atoms with Crippen LogP contribution in [0.15, 0.2) is 24.3 Å². The molecule has 18 heavy (non-hydrogen) atoms. The maximum absolute atomic E-state index is 6.09. The van der Waals surface area contributed by atoms with Crippen molar-refractivity contribution in [1.29, 1.82) is 0 Å². The first-order chi connectivity index (χ1) is 8.79. The third kappa shape index (κ3) is 3.51. The highest BCUT2D eigenvalue weighted by Gasteiger charge is 2.20. The van der Waals surface area contributed by atoms with E-state index in [1.807, 2.05) is 24.3 Å². The third-order valence-corrected chi connectivity index (χ3v) is 3.47. The first-order valence-electron chi connectivity index (χ1n) is 6.74. The molecule has 1 fully saturated rings. The van der Waals surface area contributed by atoms with Crippen LogP contribution < -0.4 is 10.5 Å². The van der Waals surface area contributed by atoms with Gasteiger partial charge in [0.2, 0.25) is 0 Å². The van der Waals surface area contributed by atoms with Crippen molar-refractivity contribution < 1.29 is 4.74 Å². The van der Waals surface area contributed by atoms with Crippen LogP contribution in [0, 0.1) is 17.8 Å². The fourth-order valence-corrected chi connectivity index (χ4v) is 2.35. The number of benzene rings is 1. The van der Waals surface area contributed by atoms with Gasteiger partial charge in [-0.15, -0.1) is 0 Å². The molecule has 1 aromatic rings. The van der Waals surface area contributed by atoms with Crippen LogP contribution in [0.2, 0.25) is 0 Å². The standard InChI is InChI=1S/C16H21NO/c1-13-8-10-15(11-9-13)18-16-7-3-2-5-14(16)6-4-12-17/h2-3,5,7,13,15H,8-12,17H2,1H3. The molecule has 1 saturated carbocycles. The number of ether oxygens (including phenoxy) is 1. The molecule has 0 bridgehead atoms. The van der Waals surface area contributed by atoms with Crippen LogP contribution in [0.3, 0.4) is 0 Å². The van der Waals surface area contributed by atoms with E-state index in [0.29, 0.717) is 12.6 Å². The van der Waals surface area contributed by atoms with Gasteiger partial charge in [0, 0.05) is 0 Å². The molecule has 96 valence electrons. The predicted octanol–water partition coefficient (Wildman–Crippen LogP) is 2.95. The monoisotopic (exact) mass is 243 g/mol. The molecule has 0 heterocycles. The van der Waals surface area contributed by atoms with Crippen molar-refractivity contribution >= 4 is 0 Å². The molecule has 0 radical (unpaired) electrons. The lowest BCUT2D eigenvalue weighted by atomic mass is 9.89. The maximum Gasteiger partial charge on any atom is 0.135 e. The minimum Gasteiger partial charge on any atom is -0.489 e. The summed E-state index contributed by atoms with van der Waals surface area (Å²) < 4.78 is 6.09. The Bertz CT molecular complexity index is 436. The summed E-state index contributed by atoms with van der Waals surface area (Å²) in [5, 5.41) is 0. The van der Waals surface area contributed by atoms with Gasteiger partial charge in [-0.05, 0) is 43.7 Å². The topological polar surface area (TPSA) is 35.2 Å². The molecular weight excluding hydrogens is 222 g/mol. The van der Waals surface area contributed by atoms with Crippen molar-refractivity contribution in [1.82, 2.24) is 0 Å². The van der Waals surface area contributed by atoms with E-state index in [-0.39, 0.29) is 0 Å². The van der Waals surface area contributed by atoms with E-state index in [2.05, 4.69) is 18.8 Å². The van der Waals surface area contributed by atoms with Gasteiger partial charge in [0.1, 0.15) is 5.75 Å². The lowest BCUT2D eigenvalue weighted by Gasteiger charge is -2.27. The highest BCUT2D eigenvalue weighted by atomic mass is 16.5. The van der Waals surface area contributed by atoms with E-state index in [0.717, 1.165) is 30.1 Å². The molecule has 0 atom stereocenters. The van der Waals surface area contributed by atoms with Crippen LogP contribution in [0.5, 0.6) is 5.75 Å². The molecule has 0 aromatic heterocycles. The van der Waals surface area contributed by atoms with E-state index in [1.54, 1.807) is 0 Å². The van der Waals surface area contributed by atoms with Gasteiger partial charge in [-0.25, -0.2) is 0 Å². The Morgan fingerprint density at radius 2 is 1.94 bits per heavy atom. The number of hydrogen-bond donors (Lipinski definition) is 1. The molecule has 1 aliphatic rings. The molecule has 0 unspecified atom stereocenters. The van der Waals surface area contributed by atoms with E-state index >= 15 is 0 Å². The number of rotatable bonds is 2. The maximum atomic E-state index is 6.09. The second-order valence-corrected chi connectivity index (χ2v) is 5.00. The molecule has 0 saturated heterocycles. The lowest BCUT2D eigenvalue weighted by Crippen LogP contribution is -2.23. The van der Waals surface area contributed by atoms with Crippen molar-refractivity contribution in [2.24, 2.45) is 11.7 Å². The van der Waals surface area contributed by atoms with Crippen LogP contribution in [-0.4, -0.2) is 12.6 Å². The Morgan fingerprint density at radius 1 is 1.22 bits per heavy atom. The normalized spacial score (nSPS) is 23.0. The molecule has 1 aromatic carbocycles. The van der Waals surface area contributed by atoms with E-state index in [9.17, 15) is 0 Å². The van der Waals surface area contributed by atoms with Crippen molar-refractivity contribution in [3.05, 3.63) is 29.8 Å². The van der Waals surface area contributed by atoms with Crippen LogP contribution >= 0.6 is 0 Å². The zero-order chi connectivity index (χ0) is 12.8.